The van der Waals surface area contributed by atoms with Gasteiger partial charge in [-0.05, 0) is 60.7 Å². The summed E-state index contributed by atoms with van der Waals surface area (Å²) in [7, 11) is 0. The summed E-state index contributed by atoms with van der Waals surface area (Å²) in [6, 6.07) is 24.3. The van der Waals surface area contributed by atoms with Gasteiger partial charge in [0.05, 0.1) is 5.69 Å². The topological polar surface area (TPSA) is 82.7 Å². The summed E-state index contributed by atoms with van der Waals surface area (Å²) in [6.45, 7) is 3.53. The Morgan fingerprint density at radius 1 is 0.971 bits per heavy atom. The fourth-order valence-electron chi connectivity index (χ4n) is 4.66. The van der Waals surface area contributed by atoms with Crippen LogP contribution in [0.2, 0.25) is 0 Å². The van der Waals surface area contributed by atoms with Crippen LogP contribution < -0.4 is 10.6 Å². The number of benzene rings is 2. The van der Waals surface area contributed by atoms with Crippen LogP contribution in [0.5, 0.6) is 0 Å². The van der Waals surface area contributed by atoms with Crippen molar-refractivity contribution in [3.63, 3.8) is 0 Å². The average Bonchev–Trinajstić information content (AvgIpc) is 3.57. The van der Waals surface area contributed by atoms with Crippen LogP contribution in [0.1, 0.15) is 48.4 Å². The minimum absolute atomic E-state index is 0.244. The molecule has 0 unspecified atom stereocenters. The van der Waals surface area contributed by atoms with E-state index in [2.05, 4.69) is 69.9 Å². The highest BCUT2D eigenvalue weighted by Crippen LogP contribution is 2.34. The number of nitrogens with zero attached hydrogens (tertiary/aromatic N) is 2. The molecule has 3 N–H and O–H groups in total. The van der Waals surface area contributed by atoms with E-state index in [4.69, 9.17) is 4.98 Å². The van der Waals surface area contributed by atoms with Gasteiger partial charge in [0.2, 0.25) is 5.91 Å². The van der Waals surface area contributed by atoms with Crippen molar-refractivity contribution in [2.75, 3.05) is 10.6 Å². The summed E-state index contributed by atoms with van der Waals surface area (Å²) in [5.74, 6) is 1.83. The van der Waals surface area contributed by atoms with E-state index in [0.717, 1.165) is 34.9 Å². The van der Waals surface area contributed by atoms with Crippen molar-refractivity contribution in [2.45, 2.75) is 38.0 Å². The van der Waals surface area contributed by atoms with Gasteiger partial charge in [-0.3, -0.25) is 9.89 Å². The monoisotopic (exact) mass is 463 g/mol. The van der Waals surface area contributed by atoms with Gasteiger partial charge in [0.15, 0.2) is 5.82 Å². The largest absolute Gasteiger partial charge is 0.323 e. The maximum Gasteiger partial charge on any atom is 0.247 e. The molecule has 0 radical (unpaired) electrons. The molecular formula is C29H29N5O. The lowest BCUT2D eigenvalue weighted by atomic mass is 10.0. The van der Waals surface area contributed by atoms with E-state index in [9.17, 15) is 4.79 Å². The molecule has 6 nitrogen and oxygen atoms in total. The highest BCUT2D eigenvalue weighted by molar-refractivity contribution is 5.99. The maximum atomic E-state index is 11.8. The van der Waals surface area contributed by atoms with E-state index in [0.29, 0.717) is 11.6 Å². The highest BCUT2D eigenvalue weighted by atomic mass is 16.1. The molecular weight excluding hydrogens is 434 g/mol. The average molecular weight is 464 g/mol. The SMILES string of the molecule is C=CC(=O)Nc1cccc(-c2cc(Cc3ccccc3)cc(Nc3cc(C4CCCC4)[nH]n3)n2)c1. The molecule has 1 amide bonds. The Hall–Kier alpha value is -4.19. The third-order valence-corrected chi connectivity index (χ3v) is 6.40. The van der Waals surface area contributed by atoms with Gasteiger partial charge in [-0.15, -0.1) is 0 Å². The molecule has 2 aromatic heterocycles. The number of hydrogen-bond acceptors (Lipinski definition) is 4. The molecule has 1 fully saturated rings. The van der Waals surface area contributed by atoms with E-state index < -0.39 is 0 Å². The van der Waals surface area contributed by atoms with Gasteiger partial charge in [0.1, 0.15) is 5.82 Å². The van der Waals surface area contributed by atoms with E-state index in [1.165, 1.54) is 43.0 Å². The number of H-pyrrole nitrogens is 1. The standard InChI is InChI=1S/C29H29N5O/c1-2-29(35)30-24-14-8-13-23(18-24)25-16-21(15-20-9-4-3-5-10-20)17-27(31-25)32-28-19-26(33-34-28)22-11-6-7-12-22/h2-5,8-10,13-14,16-19,22H,1,6-7,11-12,15H2,(H,30,35)(H2,31,32,33,34). The highest BCUT2D eigenvalue weighted by Gasteiger charge is 2.19. The Labute approximate surface area is 205 Å². The Morgan fingerprint density at radius 3 is 2.60 bits per heavy atom. The molecule has 0 spiro atoms. The summed E-state index contributed by atoms with van der Waals surface area (Å²) in [5, 5.41) is 13.9. The molecule has 6 heteroatoms. The van der Waals surface area contributed by atoms with Gasteiger partial charge in [-0.25, -0.2) is 4.98 Å². The van der Waals surface area contributed by atoms with Gasteiger partial charge < -0.3 is 10.6 Å². The first-order chi connectivity index (χ1) is 17.2. The Balaban J connectivity index is 1.46. The molecule has 176 valence electrons. The third-order valence-electron chi connectivity index (χ3n) is 6.40. The fourth-order valence-corrected chi connectivity index (χ4v) is 4.66. The summed E-state index contributed by atoms with van der Waals surface area (Å²) in [4.78, 5) is 16.7. The Kier molecular flexibility index (Phi) is 6.70. The lowest BCUT2D eigenvalue weighted by Gasteiger charge is -2.11. The number of nitrogens with one attached hydrogen (secondary N) is 3. The van der Waals surface area contributed by atoms with E-state index in [-0.39, 0.29) is 5.91 Å². The number of rotatable bonds is 8. The summed E-state index contributed by atoms with van der Waals surface area (Å²) in [6.07, 6.45) is 7.05. The van der Waals surface area contributed by atoms with Gasteiger partial charge in [-0.2, -0.15) is 5.10 Å². The second kappa shape index (κ2) is 10.4. The second-order valence-corrected chi connectivity index (χ2v) is 9.00. The van der Waals surface area contributed by atoms with E-state index in [1.807, 2.05) is 30.3 Å². The molecule has 1 aliphatic rings. The minimum Gasteiger partial charge on any atom is -0.323 e. The fraction of sp³-hybridized carbons (Fsp3) is 0.207. The zero-order valence-corrected chi connectivity index (χ0v) is 19.6. The molecule has 0 saturated heterocycles. The van der Waals surface area contributed by atoms with Crippen molar-refractivity contribution < 1.29 is 4.79 Å². The molecule has 35 heavy (non-hydrogen) atoms. The third kappa shape index (κ3) is 5.66. The molecule has 4 aromatic rings. The zero-order chi connectivity index (χ0) is 24.0. The van der Waals surface area contributed by atoms with Gasteiger partial charge in [0.25, 0.3) is 0 Å². The van der Waals surface area contributed by atoms with Gasteiger partial charge in [0, 0.05) is 28.9 Å². The maximum absolute atomic E-state index is 11.8. The van der Waals surface area contributed by atoms with Gasteiger partial charge in [-0.1, -0.05) is 61.9 Å². The minimum atomic E-state index is -0.244. The number of amides is 1. The lowest BCUT2D eigenvalue weighted by molar-refractivity contribution is -0.111. The first kappa shape index (κ1) is 22.6. The first-order valence-electron chi connectivity index (χ1n) is 12.1. The van der Waals surface area contributed by atoms with E-state index in [1.54, 1.807) is 0 Å². The predicted octanol–water partition coefficient (Wildman–Crippen LogP) is 6.59. The van der Waals surface area contributed by atoms with Crippen LogP contribution in [-0.2, 0) is 11.2 Å². The molecule has 0 aliphatic heterocycles. The van der Waals surface area contributed by atoms with Crippen LogP contribution in [0.25, 0.3) is 11.3 Å². The molecule has 1 aliphatic carbocycles. The number of anilines is 3. The predicted molar refractivity (Wildman–Crippen MR) is 141 cm³/mol. The second-order valence-electron chi connectivity index (χ2n) is 9.00. The van der Waals surface area contributed by atoms with Crippen molar-refractivity contribution in [2.24, 2.45) is 0 Å². The van der Waals surface area contributed by atoms with Crippen molar-refractivity contribution >= 4 is 23.2 Å². The normalized spacial score (nSPS) is 13.5. The number of carbonyl (C=O) groups is 1. The van der Waals surface area contributed by atoms with Crippen molar-refractivity contribution in [3.8, 4) is 11.3 Å². The molecule has 2 heterocycles. The van der Waals surface area contributed by atoms with E-state index >= 15 is 0 Å². The lowest BCUT2D eigenvalue weighted by Crippen LogP contribution is -2.07. The molecule has 1 saturated carbocycles. The number of hydrogen-bond donors (Lipinski definition) is 3. The van der Waals surface area contributed by atoms with Crippen LogP contribution in [0.15, 0.2) is 85.5 Å². The molecule has 0 bridgehead atoms. The number of pyridine rings is 1. The Bertz CT molecular complexity index is 1320. The molecule has 0 atom stereocenters. The van der Waals surface area contributed by atoms with Crippen LogP contribution in [0.4, 0.5) is 17.3 Å². The molecule has 5 rings (SSSR count). The van der Waals surface area contributed by atoms with Crippen LogP contribution in [0, 0.1) is 0 Å². The van der Waals surface area contributed by atoms with Crippen LogP contribution in [0.3, 0.4) is 0 Å². The summed E-state index contributed by atoms with van der Waals surface area (Å²) >= 11 is 0. The quantitative estimate of drug-likeness (QED) is 0.258. The zero-order valence-electron chi connectivity index (χ0n) is 19.6. The van der Waals surface area contributed by atoms with Crippen LogP contribution in [-0.4, -0.2) is 21.1 Å². The van der Waals surface area contributed by atoms with Crippen molar-refractivity contribution in [3.05, 3.63) is 102 Å². The summed E-state index contributed by atoms with van der Waals surface area (Å²) in [5.41, 5.74) is 5.99. The number of aromatic nitrogens is 3. The Morgan fingerprint density at radius 2 is 1.80 bits per heavy atom. The van der Waals surface area contributed by atoms with Gasteiger partial charge >= 0.3 is 0 Å². The number of aromatic amines is 1. The van der Waals surface area contributed by atoms with Crippen molar-refractivity contribution in [1.82, 2.24) is 15.2 Å². The van der Waals surface area contributed by atoms with Crippen LogP contribution >= 0.6 is 0 Å². The smallest absolute Gasteiger partial charge is 0.247 e. The first-order valence-corrected chi connectivity index (χ1v) is 12.1. The van der Waals surface area contributed by atoms with Crippen molar-refractivity contribution in [1.29, 1.82) is 0 Å². The number of carbonyl (C=O) groups excluding carboxylic acids is 1. The summed E-state index contributed by atoms with van der Waals surface area (Å²) < 4.78 is 0. The molecule has 2 aromatic carbocycles.